The van der Waals surface area contributed by atoms with Gasteiger partial charge >= 0.3 is 0 Å². The summed E-state index contributed by atoms with van der Waals surface area (Å²) in [6, 6.07) is 39.2. The quantitative estimate of drug-likeness (QED) is 0.146. The fourth-order valence-electron chi connectivity index (χ4n) is 3.93. The molecule has 0 N–H and O–H groups in total. The molecule has 0 saturated carbocycles. The van der Waals surface area contributed by atoms with Crippen molar-refractivity contribution in [2.24, 2.45) is 0 Å². The Labute approximate surface area is 229 Å². The van der Waals surface area contributed by atoms with Crippen LogP contribution >= 0.6 is 0 Å². The molecular formula is C32H30IrN2Si-2. The second-order valence-electron chi connectivity index (χ2n) is 9.45. The number of aromatic nitrogens is 2. The summed E-state index contributed by atoms with van der Waals surface area (Å²) in [5, 5.41) is 1.45. The molecule has 2 nitrogen and oxygen atoms in total. The monoisotopic (exact) mass is 663 g/mol. The minimum Gasteiger partial charge on any atom is -0.304 e. The van der Waals surface area contributed by atoms with Crippen LogP contribution in [-0.2, 0) is 20.1 Å². The van der Waals surface area contributed by atoms with E-state index < -0.39 is 8.07 Å². The maximum Gasteiger partial charge on any atom is 0.0775 e. The summed E-state index contributed by atoms with van der Waals surface area (Å²) < 4.78 is 0. The van der Waals surface area contributed by atoms with Crippen LogP contribution < -0.4 is 5.19 Å². The topological polar surface area (TPSA) is 25.8 Å². The van der Waals surface area contributed by atoms with Crippen molar-refractivity contribution in [2.75, 3.05) is 0 Å². The standard InChI is InChI=1S/C20H20NSi.C12H10N.Ir/c1-22(2,3)20-14-19(17-12-8-5-9-13-17)21-15-18(20)16-10-6-4-7-11-16;1-10-6-5-9-13-12(10)11-7-3-2-4-8-11;/h4-12,14-15H,1-3H3;2-7,9H,1H3;/q2*-1;. The molecule has 0 spiro atoms. The van der Waals surface area contributed by atoms with Crippen molar-refractivity contribution in [3.05, 3.63) is 127 Å². The molecule has 0 unspecified atom stereocenters. The number of rotatable bonds is 4. The zero-order chi connectivity index (χ0) is 24.7. The maximum absolute atomic E-state index is 4.69. The Bertz CT molecular complexity index is 1370. The predicted molar refractivity (Wildman–Crippen MR) is 150 cm³/mol. The molecule has 0 bridgehead atoms. The summed E-state index contributed by atoms with van der Waals surface area (Å²) in [4.78, 5) is 9.01. The smallest absolute Gasteiger partial charge is 0.0775 e. The molecule has 0 aliphatic carbocycles. The molecule has 2 aromatic heterocycles. The molecule has 3 aromatic carbocycles. The largest absolute Gasteiger partial charge is 0.304 e. The van der Waals surface area contributed by atoms with Crippen LogP contribution in [0.1, 0.15) is 5.56 Å². The van der Waals surface area contributed by atoms with E-state index in [1.165, 1.54) is 21.9 Å². The number of hydrogen-bond acceptors (Lipinski definition) is 2. The Hall–Kier alpha value is -3.17. The summed E-state index contributed by atoms with van der Waals surface area (Å²) in [6.07, 6.45) is 3.84. The van der Waals surface area contributed by atoms with Crippen molar-refractivity contribution < 1.29 is 20.1 Å². The molecule has 5 aromatic rings. The zero-order valence-corrected chi connectivity index (χ0v) is 24.5. The Morgan fingerprint density at radius 2 is 1.33 bits per heavy atom. The van der Waals surface area contributed by atoms with Gasteiger partial charge in [0.2, 0.25) is 0 Å². The molecule has 0 fully saturated rings. The SMILES string of the molecule is C[Si](C)(C)c1cc(-c2[c-]cccc2)ncc1-c1ccccc1.Cc1cccnc1-c1[c-]cccc1.[Ir]. The Kier molecular flexibility index (Phi) is 9.66. The summed E-state index contributed by atoms with van der Waals surface area (Å²) in [5.74, 6) is 0. The Balaban J connectivity index is 0.000000221. The Morgan fingerprint density at radius 1 is 0.694 bits per heavy atom. The van der Waals surface area contributed by atoms with Crippen molar-refractivity contribution in [1.82, 2.24) is 9.97 Å². The predicted octanol–water partition coefficient (Wildman–Crippen LogP) is 7.62. The molecule has 2 heterocycles. The third kappa shape index (κ3) is 6.95. The number of nitrogens with zero attached hydrogens (tertiary/aromatic N) is 2. The van der Waals surface area contributed by atoms with Gasteiger partial charge < -0.3 is 9.97 Å². The average molecular weight is 663 g/mol. The van der Waals surface area contributed by atoms with Crippen LogP contribution in [0.2, 0.25) is 19.6 Å². The first-order chi connectivity index (χ1) is 16.9. The van der Waals surface area contributed by atoms with E-state index in [1.54, 1.807) is 0 Å². The van der Waals surface area contributed by atoms with Crippen LogP contribution in [0.15, 0.2) is 109 Å². The van der Waals surface area contributed by atoms with Gasteiger partial charge in [-0.1, -0.05) is 72.9 Å². The number of pyridine rings is 2. The van der Waals surface area contributed by atoms with Gasteiger partial charge in [0.25, 0.3) is 0 Å². The van der Waals surface area contributed by atoms with Crippen molar-refractivity contribution in [2.45, 2.75) is 26.6 Å². The van der Waals surface area contributed by atoms with E-state index >= 15 is 0 Å². The van der Waals surface area contributed by atoms with Crippen LogP contribution in [0.5, 0.6) is 0 Å². The summed E-state index contributed by atoms with van der Waals surface area (Å²) >= 11 is 0. The number of aryl methyl sites for hydroxylation is 1. The van der Waals surface area contributed by atoms with Gasteiger partial charge in [-0.05, 0) is 35.5 Å². The van der Waals surface area contributed by atoms with Crippen LogP contribution in [0.4, 0.5) is 0 Å². The Morgan fingerprint density at radius 3 is 1.92 bits per heavy atom. The second-order valence-corrected chi connectivity index (χ2v) is 14.5. The van der Waals surface area contributed by atoms with E-state index in [1.807, 2.05) is 60.9 Å². The first-order valence-corrected chi connectivity index (χ1v) is 15.4. The molecule has 4 heteroatoms. The molecule has 183 valence electrons. The maximum atomic E-state index is 4.69. The van der Waals surface area contributed by atoms with Crippen molar-refractivity contribution in [1.29, 1.82) is 0 Å². The van der Waals surface area contributed by atoms with E-state index in [2.05, 4.69) is 92.2 Å². The van der Waals surface area contributed by atoms with Gasteiger partial charge in [0.15, 0.2) is 0 Å². The van der Waals surface area contributed by atoms with Crippen molar-refractivity contribution in [3.8, 4) is 33.6 Å². The first kappa shape index (κ1) is 27.4. The fraction of sp³-hybridized carbons (Fsp3) is 0.125. The van der Waals surface area contributed by atoms with Crippen LogP contribution in [0.3, 0.4) is 0 Å². The van der Waals surface area contributed by atoms with Crippen molar-refractivity contribution >= 4 is 13.3 Å². The summed E-state index contributed by atoms with van der Waals surface area (Å²) in [6.45, 7) is 9.21. The van der Waals surface area contributed by atoms with Gasteiger partial charge in [0.05, 0.1) is 8.07 Å². The van der Waals surface area contributed by atoms with E-state index in [9.17, 15) is 0 Å². The van der Waals surface area contributed by atoms with Gasteiger partial charge in [0, 0.05) is 32.5 Å². The zero-order valence-electron chi connectivity index (χ0n) is 21.1. The molecule has 0 amide bonds. The van der Waals surface area contributed by atoms with Crippen molar-refractivity contribution in [3.63, 3.8) is 0 Å². The van der Waals surface area contributed by atoms with E-state index in [0.29, 0.717) is 0 Å². The molecule has 0 aliphatic rings. The third-order valence-electron chi connectivity index (χ3n) is 5.76. The normalized spacial score (nSPS) is 10.6. The van der Waals surface area contributed by atoms with Gasteiger partial charge in [-0.25, -0.2) is 0 Å². The van der Waals surface area contributed by atoms with Gasteiger partial charge in [-0.2, -0.15) is 0 Å². The summed E-state index contributed by atoms with van der Waals surface area (Å²) in [5.41, 5.74) is 7.84. The molecule has 0 atom stereocenters. The van der Waals surface area contributed by atoms with Crippen LogP contribution in [-0.4, -0.2) is 18.0 Å². The number of benzene rings is 3. The fourth-order valence-corrected chi connectivity index (χ4v) is 5.52. The second kappa shape index (κ2) is 12.7. The van der Waals surface area contributed by atoms with E-state index in [-0.39, 0.29) is 20.1 Å². The van der Waals surface area contributed by atoms with Gasteiger partial charge in [-0.15, -0.1) is 71.8 Å². The molecule has 36 heavy (non-hydrogen) atoms. The first-order valence-electron chi connectivity index (χ1n) is 11.9. The van der Waals surface area contributed by atoms with Crippen LogP contribution in [0.25, 0.3) is 33.6 Å². The molecule has 5 rings (SSSR count). The average Bonchev–Trinajstić information content (AvgIpc) is 2.90. The minimum atomic E-state index is -1.48. The van der Waals surface area contributed by atoms with Gasteiger partial charge in [-0.3, -0.25) is 0 Å². The molecule has 0 saturated heterocycles. The summed E-state index contributed by atoms with van der Waals surface area (Å²) in [7, 11) is -1.48. The number of hydrogen-bond donors (Lipinski definition) is 0. The molecule has 1 radical (unpaired) electrons. The minimum absolute atomic E-state index is 0. The third-order valence-corrected chi connectivity index (χ3v) is 7.79. The molecule has 0 aliphatic heterocycles. The van der Waals surface area contributed by atoms with Gasteiger partial charge in [0.1, 0.15) is 0 Å². The van der Waals surface area contributed by atoms with Crippen LogP contribution in [0, 0.1) is 19.1 Å². The van der Waals surface area contributed by atoms with E-state index in [0.717, 1.165) is 22.5 Å². The van der Waals surface area contributed by atoms with E-state index in [4.69, 9.17) is 4.98 Å². The molecular weight excluding hydrogens is 633 g/mol.